The van der Waals surface area contributed by atoms with E-state index < -0.39 is 75.0 Å². The van der Waals surface area contributed by atoms with Crippen LogP contribution in [0.15, 0.2) is 147 Å². The highest BCUT2D eigenvalue weighted by Gasteiger charge is 2.55. The predicted octanol–water partition coefficient (Wildman–Crippen LogP) is 7.87. The number of amides is 6. The van der Waals surface area contributed by atoms with Gasteiger partial charge in [-0.25, -0.2) is 15.0 Å². The minimum atomic E-state index is -1.28. The summed E-state index contributed by atoms with van der Waals surface area (Å²) in [6.07, 6.45) is 20.1. The fourth-order valence-corrected chi connectivity index (χ4v) is 11.7. The Morgan fingerprint density at radius 3 is 0.844 bits per heavy atom. The maximum Gasteiger partial charge on any atom is 0.453 e. The van der Waals surface area contributed by atoms with Crippen molar-refractivity contribution in [3.63, 3.8) is 0 Å². The van der Waals surface area contributed by atoms with Gasteiger partial charge in [-0.1, -0.05) is 131 Å². The topological polar surface area (TPSA) is 227 Å². The molecule has 6 amide bonds. The number of aromatic nitrogens is 6. The zero-order valence-corrected chi connectivity index (χ0v) is 53.7. The van der Waals surface area contributed by atoms with Crippen molar-refractivity contribution >= 4 is 56.8 Å². The molecular weight excluding hydrogens is 1140 g/mol. The fraction of sp³-hybridized carbons (Fsp3) is 0.455. The summed E-state index contributed by atoms with van der Waals surface area (Å²) in [6.45, 7) is 5.85. The maximum absolute atomic E-state index is 15.6. The Morgan fingerprint density at radius 2 is 0.622 bits per heavy atom. The number of rotatable bonds is 33. The van der Waals surface area contributed by atoms with Gasteiger partial charge >= 0.3 is 21.4 Å². The molecule has 0 N–H and O–H groups in total. The van der Waals surface area contributed by atoms with E-state index in [-0.39, 0.29) is 34.8 Å². The molecule has 3 aromatic heterocycles. The van der Waals surface area contributed by atoms with Crippen LogP contribution in [0.25, 0.3) is 0 Å². The third kappa shape index (κ3) is 18.7. The second-order valence-corrected chi connectivity index (χ2v) is 23.1. The molecule has 24 heteroatoms. The summed E-state index contributed by atoms with van der Waals surface area (Å²) >= 11 is 0. The van der Waals surface area contributed by atoms with Crippen LogP contribution in [0.1, 0.15) is 146 Å². The standard InChI is InChI=1S/C66H87B3N12O9/c1-10-25-55(76(4)61(82)52-46-70-40-43-73-52)64(85)79(7)58(37-22-34-49-28-16-13-17-29-49)67-88-68(59(38-23-35-50-30-18-14-19-31-50)80(8)65(86)56(26-11-2)77(5)62(83)53-47-71-41-44-74-53)90-69(89-67)60(39-24-36-51-32-20-15-21-33-51)81(9)66(87)57(27-12-3)78(6)63(84)54-48-72-42-45-75-54/h13-21,28-33,40-48,55-60H,10-12,22-27,34-39H2,1-9H3/t55-,56-,57-,58+,59+,60+/m1/s1. The summed E-state index contributed by atoms with van der Waals surface area (Å²) in [4.78, 5) is 124. The molecule has 90 heavy (non-hydrogen) atoms. The average Bonchev–Trinajstić information content (AvgIpc) is 1.06. The van der Waals surface area contributed by atoms with E-state index in [1.54, 1.807) is 57.0 Å². The van der Waals surface area contributed by atoms with Crippen LogP contribution in [0, 0.1) is 0 Å². The third-order valence-electron chi connectivity index (χ3n) is 17.0. The van der Waals surface area contributed by atoms with Gasteiger partial charge in [-0.15, -0.1) is 0 Å². The number of hydrogen-bond donors (Lipinski definition) is 0. The van der Waals surface area contributed by atoms with Crippen LogP contribution in [0.5, 0.6) is 0 Å². The molecule has 6 aromatic rings. The van der Waals surface area contributed by atoms with E-state index in [2.05, 4.69) is 66.3 Å². The molecule has 0 bridgehead atoms. The Labute approximate surface area is 532 Å². The van der Waals surface area contributed by atoms with Crippen molar-refractivity contribution in [3.05, 3.63) is 181 Å². The van der Waals surface area contributed by atoms with Gasteiger partial charge in [-0.2, -0.15) is 0 Å². The summed E-state index contributed by atoms with van der Waals surface area (Å²) in [6, 6.07) is 27.2. The fourth-order valence-electron chi connectivity index (χ4n) is 11.7. The number of carbonyl (C=O) groups is 6. The Hall–Kier alpha value is -8.21. The zero-order chi connectivity index (χ0) is 64.5. The molecule has 1 aliphatic heterocycles. The quantitative estimate of drug-likeness (QED) is 0.0357. The Balaban J connectivity index is 1.37. The maximum atomic E-state index is 15.6. The van der Waals surface area contributed by atoms with Crippen LogP contribution in [-0.4, -0.2) is 194 Å². The smallest absolute Gasteiger partial charge is 0.450 e. The number of nitrogens with zero attached hydrogens (tertiary/aromatic N) is 12. The first-order chi connectivity index (χ1) is 43.6. The Bertz CT molecular complexity index is 2840. The number of benzene rings is 3. The lowest BCUT2D eigenvalue weighted by Gasteiger charge is -2.46. The van der Waals surface area contributed by atoms with E-state index in [9.17, 15) is 14.4 Å². The van der Waals surface area contributed by atoms with E-state index in [4.69, 9.17) is 13.7 Å². The molecule has 1 saturated heterocycles. The van der Waals surface area contributed by atoms with E-state index in [0.717, 1.165) is 16.7 Å². The number of aryl methyl sites for hydroxylation is 3. The molecule has 7 rings (SSSR count). The summed E-state index contributed by atoms with van der Waals surface area (Å²) in [5.41, 5.74) is 3.50. The Kier molecular flexibility index (Phi) is 27.1. The van der Waals surface area contributed by atoms with Crippen LogP contribution in [-0.2, 0) is 47.4 Å². The van der Waals surface area contributed by atoms with Crippen molar-refractivity contribution in [2.45, 2.75) is 153 Å². The van der Waals surface area contributed by atoms with E-state index in [1.165, 1.54) is 70.5 Å². The second kappa shape index (κ2) is 35.3. The van der Waals surface area contributed by atoms with Gasteiger partial charge in [0.1, 0.15) is 35.2 Å². The van der Waals surface area contributed by atoms with Gasteiger partial charge in [-0.3, -0.25) is 43.7 Å². The normalized spacial score (nSPS) is 14.3. The van der Waals surface area contributed by atoms with Crippen molar-refractivity contribution in [1.29, 1.82) is 0 Å². The van der Waals surface area contributed by atoms with E-state index in [0.29, 0.717) is 96.3 Å². The van der Waals surface area contributed by atoms with Gasteiger partial charge in [0.25, 0.3) is 17.7 Å². The van der Waals surface area contributed by atoms with Crippen molar-refractivity contribution in [2.75, 3.05) is 42.3 Å². The molecule has 3 aromatic carbocycles. The molecule has 1 fully saturated rings. The molecule has 0 aliphatic carbocycles. The summed E-state index contributed by atoms with van der Waals surface area (Å²) in [7, 11) is 6.04. The third-order valence-corrected chi connectivity index (χ3v) is 17.0. The summed E-state index contributed by atoms with van der Waals surface area (Å²) in [5, 5.41) is 0. The van der Waals surface area contributed by atoms with Crippen LogP contribution in [0.4, 0.5) is 0 Å². The highest BCUT2D eigenvalue weighted by Crippen LogP contribution is 2.30. The average molecular weight is 1220 g/mol. The molecule has 0 radical (unpaired) electrons. The van der Waals surface area contributed by atoms with Crippen LogP contribution in [0.2, 0.25) is 0 Å². The SMILES string of the molecule is CCC[C@H](C(=O)N(C)[C@@H](CCCc1ccccc1)B1OB([C@H](CCCc2ccccc2)N(C)C(=O)[C@@H](CCC)N(C)C(=O)c2cnccn2)OB([C@H](CCCc2ccccc2)N(C)C(=O)[C@@H](CCC)N(C)C(=O)c2cnccn2)O1)N(C)C(=O)c1cnccn1. The van der Waals surface area contributed by atoms with Crippen molar-refractivity contribution in [1.82, 2.24) is 59.3 Å². The van der Waals surface area contributed by atoms with Crippen LogP contribution >= 0.6 is 0 Å². The van der Waals surface area contributed by atoms with E-state index >= 15 is 14.4 Å². The molecule has 474 valence electrons. The van der Waals surface area contributed by atoms with Crippen molar-refractivity contribution < 1.29 is 42.5 Å². The largest absolute Gasteiger partial charge is 0.453 e. The predicted molar refractivity (Wildman–Crippen MR) is 347 cm³/mol. The number of carbonyl (C=O) groups excluding carboxylic acids is 6. The lowest BCUT2D eigenvalue weighted by molar-refractivity contribution is -0.136. The van der Waals surface area contributed by atoms with Gasteiger partial charge in [0.2, 0.25) is 17.7 Å². The first-order valence-corrected chi connectivity index (χ1v) is 31.6. The summed E-state index contributed by atoms with van der Waals surface area (Å²) < 4.78 is 21.9. The van der Waals surface area contributed by atoms with Crippen LogP contribution < -0.4 is 0 Å². The van der Waals surface area contributed by atoms with Gasteiger partial charge in [-0.05, 0) is 93.7 Å². The van der Waals surface area contributed by atoms with Gasteiger partial charge in [0.15, 0.2) is 0 Å². The van der Waals surface area contributed by atoms with Crippen LogP contribution in [0.3, 0.4) is 0 Å². The first kappa shape index (κ1) is 69.3. The highest BCUT2D eigenvalue weighted by atomic mass is 16.7. The molecule has 6 atom stereocenters. The molecular formula is C66H87B3N12O9. The zero-order valence-electron chi connectivity index (χ0n) is 53.7. The van der Waals surface area contributed by atoms with Gasteiger partial charge in [0.05, 0.1) is 36.4 Å². The minimum Gasteiger partial charge on any atom is -0.450 e. The molecule has 0 spiro atoms. The molecule has 0 unspecified atom stereocenters. The Morgan fingerprint density at radius 1 is 0.367 bits per heavy atom. The minimum absolute atomic E-state index is 0.0858. The second-order valence-electron chi connectivity index (χ2n) is 23.1. The number of likely N-dealkylation sites (N-methyl/N-ethyl adjacent to an activating group) is 6. The van der Waals surface area contributed by atoms with Gasteiger partial charge < -0.3 is 43.1 Å². The monoisotopic (exact) mass is 1220 g/mol. The number of hydrogen-bond acceptors (Lipinski definition) is 15. The highest BCUT2D eigenvalue weighted by molar-refractivity contribution is 6.75. The summed E-state index contributed by atoms with van der Waals surface area (Å²) in [5.74, 6) is -5.13. The first-order valence-electron chi connectivity index (χ1n) is 31.6. The molecule has 1 aliphatic rings. The van der Waals surface area contributed by atoms with E-state index in [1.807, 2.05) is 75.4 Å². The van der Waals surface area contributed by atoms with Crippen molar-refractivity contribution in [3.8, 4) is 0 Å². The van der Waals surface area contributed by atoms with Gasteiger partial charge in [0, 0.05) is 79.5 Å². The van der Waals surface area contributed by atoms with Crippen molar-refractivity contribution in [2.24, 2.45) is 0 Å². The lowest BCUT2D eigenvalue weighted by Crippen LogP contribution is -2.68. The molecule has 4 heterocycles. The molecule has 0 saturated carbocycles. The lowest BCUT2D eigenvalue weighted by atomic mass is 9.58. The molecule has 21 nitrogen and oxygen atoms in total.